The molecule has 2 N–H and O–H groups in total. The minimum atomic E-state index is -0.853. The van der Waals surface area contributed by atoms with Gasteiger partial charge in [-0.2, -0.15) is 0 Å². The molecule has 2 rings (SSSR count). The average molecular weight is 267 g/mol. The third-order valence-electron chi connectivity index (χ3n) is 5.13. The fourth-order valence-corrected chi connectivity index (χ4v) is 3.58. The van der Waals surface area contributed by atoms with Crippen LogP contribution in [0.15, 0.2) is 0 Å². The maximum absolute atomic E-state index is 12.1. The zero-order valence-corrected chi connectivity index (χ0v) is 12.2. The predicted octanol–water partition coefficient (Wildman–Crippen LogP) is 2.43. The van der Waals surface area contributed by atoms with Crippen molar-refractivity contribution in [1.29, 1.82) is 0 Å². The van der Waals surface area contributed by atoms with Gasteiger partial charge >= 0.3 is 5.97 Å². The molecule has 2 aliphatic carbocycles. The molecule has 0 heterocycles. The number of aliphatic carboxylic acids is 1. The van der Waals surface area contributed by atoms with Gasteiger partial charge in [0.25, 0.3) is 0 Å². The van der Waals surface area contributed by atoms with E-state index in [9.17, 15) is 9.59 Å². The van der Waals surface area contributed by atoms with Crippen LogP contribution in [-0.4, -0.2) is 23.5 Å². The lowest BCUT2D eigenvalue weighted by Crippen LogP contribution is -2.38. The summed E-state index contributed by atoms with van der Waals surface area (Å²) in [5, 5.41) is 12.1. The van der Waals surface area contributed by atoms with E-state index in [2.05, 4.69) is 12.2 Å². The third-order valence-corrected chi connectivity index (χ3v) is 5.13. The van der Waals surface area contributed by atoms with E-state index in [1.54, 1.807) is 0 Å². The molecule has 2 fully saturated rings. The molecule has 0 aromatic heterocycles. The standard InChI is InChI=1S/C15H25NO3/c1-14(2)10(11(14)13(18)19)12(17)16-9-15(3)7-5-4-6-8-15/h10-11H,4-9H2,1-3H3,(H,16,17)(H,18,19). The van der Waals surface area contributed by atoms with E-state index in [-0.39, 0.29) is 17.2 Å². The minimum Gasteiger partial charge on any atom is -0.481 e. The molecule has 108 valence electrons. The van der Waals surface area contributed by atoms with Crippen molar-refractivity contribution in [2.45, 2.75) is 52.9 Å². The second kappa shape index (κ2) is 4.80. The van der Waals surface area contributed by atoms with E-state index in [1.165, 1.54) is 19.3 Å². The Kier molecular flexibility index (Phi) is 3.63. The van der Waals surface area contributed by atoms with Gasteiger partial charge in [-0.1, -0.05) is 40.0 Å². The van der Waals surface area contributed by atoms with Gasteiger partial charge in [-0.25, -0.2) is 0 Å². The molecule has 0 bridgehead atoms. The fourth-order valence-electron chi connectivity index (χ4n) is 3.58. The Morgan fingerprint density at radius 1 is 1.11 bits per heavy atom. The first kappa shape index (κ1) is 14.4. The summed E-state index contributed by atoms with van der Waals surface area (Å²) < 4.78 is 0. The van der Waals surface area contributed by atoms with Gasteiger partial charge in [0.1, 0.15) is 0 Å². The second-order valence-electron chi connectivity index (χ2n) is 7.20. The first-order valence-electron chi connectivity index (χ1n) is 7.28. The molecule has 2 aliphatic rings. The summed E-state index contributed by atoms with van der Waals surface area (Å²) in [6.07, 6.45) is 6.08. The number of carbonyl (C=O) groups excluding carboxylic acids is 1. The highest BCUT2D eigenvalue weighted by Gasteiger charge is 2.65. The number of amides is 1. The molecular formula is C15H25NO3. The topological polar surface area (TPSA) is 66.4 Å². The van der Waals surface area contributed by atoms with Crippen molar-refractivity contribution in [2.24, 2.45) is 22.7 Å². The van der Waals surface area contributed by atoms with Crippen molar-refractivity contribution in [3.05, 3.63) is 0 Å². The van der Waals surface area contributed by atoms with Gasteiger partial charge in [-0.15, -0.1) is 0 Å². The van der Waals surface area contributed by atoms with Crippen LogP contribution in [0.4, 0.5) is 0 Å². The average Bonchev–Trinajstić information content (AvgIpc) is 2.91. The first-order valence-corrected chi connectivity index (χ1v) is 7.28. The lowest BCUT2D eigenvalue weighted by atomic mass is 9.76. The lowest BCUT2D eigenvalue weighted by molar-refractivity contribution is -0.140. The zero-order valence-electron chi connectivity index (χ0n) is 12.2. The largest absolute Gasteiger partial charge is 0.481 e. The van der Waals surface area contributed by atoms with Gasteiger partial charge in [0, 0.05) is 6.54 Å². The van der Waals surface area contributed by atoms with Crippen molar-refractivity contribution in [3.63, 3.8) is 0 Å². The van der Waals surface area contributed by atoms with Crippen LogP contribution in [-0.2, 0) is 9.59 Å². The molecule has 0 aromatic rings. The number of carboxylic acids is 1. The van der Waals surface area contributed by atoms with Crippen molar-refractivity contribution in [3.8, 4) is 0 Å². The highest BCUT2D eigenvalue weighted by molar-refractivity contribution is 5.91. The molecular weight excluding hydrogens is 242 g/mol. The lowest BCUT2D eigenvalue weighted by Gasteiger charge is -2.33. The van der Waals surface area contributed by atoms with Crippen molar-refractivity contribution in [1.82, 2.24) is 5.32 Å². The predicted molar refractivity (Wildman–Crippen MR) is 72.6 cm³/mol. The highest BCUT2D eigenvalue weighted by atomic mass is 16.4. The third kappa shape index (κ3) is 2.77. The van der Waals surface area contributed by atoms with E-state index in [4.69, 9.17) is 5.11 Å². The summed E-state index contributed by atoms with van der Waals surface area (Å²) in [4.78, 5) is 23.2. The molecule has 4 heteroatoms. The maximum Gasteiger partial charge on any atom is 0.307 e. The number of nitrogens with one attached hydrogen (secondary N) is 1. The fraction of sp³-hybridized carbons (Fsp3) is 0.867. The molecule has 2 saturated carbocycles. The summed E-state index contributed by atoms with van der Waals surface area (Å²) in [5.74, 6) is -1.82. The van der Waals surface area contributed by atoms with E-state index in [0.29, 0.717) is 6.54 Å². The van der Waals surface area contributed by atoms with Crippen molar-refractivity contribution >= 4 is 11.9 Å². The molecule has 2 unspecified atom stereocenters. The van der Waals surface area contributed by atoms with Gasteiger partial charge in [-0.05, 0) is 23.7 Å². The van der Waals surface area contributed by atoms with E-state index in [1.807, 2.05) is 13.8 Å². The Morgan fingerprint density at radius 2 is 1.68 bits per heavy atom. The quantitative estimate of drug-likeness (QED) is 0.822. The molecule has 0 aliphatic heterocycles. The summed E-state index contributed by atoms with van der Waals surface area (Å²) in [7, 11) is 0. The SMILES string of the molecule is CC1(CNC(=O)C2C(C(=O)O)C2(C)C)CCCCC1. The van der Waals surface area contributed by atoms with Crippen molar-refractivity contribution in [2.75, 3.05) is 6.54 Å². The van der Waals surface area contributed by atoms with Gasteiger partial charge in [0.2, 0.25) is 5.91 Å². The second-order valence-corrected chi connectivity index (χ2v) is 7.20. The van der Waals surface area contributed by atoms with E-state index in [0.717, 1.165) is 12.8 Å². The Morgan fingerprint density at radius 3 is 2.16 bits per heavy atom. The first-order chi connectivity index (χ1) is 8.78. The Labute approximate surface area is 115 Å². The maximum atomic E-state index is 12.1. The summed E-state index contributed by atoms with van der Waals surface area (Å²) >= 11 is 0. The smallest absolute Gasteiger partial charge is 0.307 e. The van der Waals surface area contributed by atoms with Gasteiger partial charge < -0.3 is 10.4 Å². The number of hydrogen-bond donors (Lipinski definition) is 2. The molecule has 0 radical (unpaired) electrons. The number of carbonyl (C=O) groups is 2. The van der Waals surface area contributed by atoms with Crippen LogP contribution in [0.1, 0.15) is 52.9 Å². The van der Waals surface area contributed by atoms with Crippen LogP contribution < -0.4 is 5.32 Å². The number of rotatable bonds is 4. The van der Waals surface area contributed by atoms with Crippen molar-refractivity contribution < 1.29 is 14.7 Å². The van der Waals surface area contributed by atoms with Crippen LogP contribution in [0.5, 0.6) is 0 Å². The monoisotopic (exact) mass is 267 g/mol. The van der Waals surface area contributed by atoms with Crippen LogP contribution in [0.3, 0.4) is 0 Å². The van der Waals surface area contributed by atoms with Crippen LogP contribution in [0.2, 0.25) is 0 Å². The van der Waals surface area contributed by atoms with Crippen LogP contribution in [0.25, 0.3) is 0 Å². The molecule has 2 atom stereocenters. The van der Waals surface area contributed by atoms with E-state index < -0.39 is 17.3 Å². The molecule has 19 heavy (non-hydrogen) atoms. The number of carboxylic acid groups (broad SMARTS) is 1. The summed E-state index contributed by atoms with van der Waals surface area (Å²) in [5.41, 5.74) is -0.199. The Balaban J connectivity index is 1.87. The van der Waals surface area contributed by atoms with Crippen LogP contribution in [0, 0.1) is 22.7 Å². The van der Waals surface area contributed by atoms with Gasteiger partial charge in [-0.3, -0.25) is 9.59 Å². The molecule has 4 nitrogen and oxygen atoms in total. The summed E-state index contributed by atoms with van der Waals surface area (Å²) in [6.45, 7) is 6.63. The minimum absolute atomic E-state index is 0.0794. The molecule has 1 amide bonds. The van der Waals surface area contributed by atoms with Gasteiger partial charge in [0.05, 0.1) is 11.8 Å². The van der Waals surface area contributed by atoms with E-state index >= 15 is 0 Å². The molecule has 0 aromatic carbocycles. The Hall–Kier alpha value is -1.06. The highest BCUT2D eigenvalue weighted by Crippen LogP contribution is 2.58. The Bertz CT molecular complexity index is 383. The number of hydrogen-bond acceptors (Lipinski definition) is 2. The molecule has 0 saturated heterocycles. The van der Waals surface area contributed by atoms with Crippen LogP contribution >= 0.6 is 0 Å². The van der Waals surface area contributed by atoms with Gasteiger partial charge in [0.15, 0.2) is 0 Å². The summed E-state index contributed by atoms with van der Waals surface area (Å²) in [6, 6.07) is 0. The molecule has 0 spiro atoms. The normalized spacial score (nSPS) is 31.5. The zero-order chi connectivity index (χ0) is 14.3.